The lowest BCUT2D eigenvalue weighted by Crippen LogP contribution is -2.42. The fourth-order valence-electron chi connectivity index (χ4n) is 2.47. The maximum atomic E-state index is 12.4. The van der Waals surface area contributed by atoms with Crippen LogP contribution in [-0.4, -0.2) is 42.4 Å². The summed E-state index contributed by atoms with van der Waals surface area (Å²) in [6.07, 6.45) is -2.56. The fraction of sp³-hybridized carbons (Fsp3) is 0.571. The molecule has 0 saturated carbocycles. The molecule has 1 unspecified atom stereocenters. The zero-order chi connectivity index (χ0) is 14.6. The molecule has 3 nitrogen and oxygen atoms in total. The molecule has 1 atom stereocenters. The summed E-state index contributed by atoms with van der Waals surface area (Å²) in [6.45, 7) is 0.325. The van der Waals surface area contributed by atoms with Gasteiger partial charge in [-0.3, -0.25) is 4.90 Å². The van der Waals surface area contributed by atoms with Crippen LogP contribution in [0.1, 0.15) is 12.8 Å². The first-order valence-corrected chi connectivity index (χ1v) is 6.64. The van der Waals surface area contributed by atoms with E-state index in [4.69, 9.17) is 4.74 Å². The van der Waals surface area contributed by atoms with Crippen LogP contribution in [0.5, 0.6) is 11.5 Å². The number of phenols is 1. The van der Waals surface area contributed by atoms with Gasteiger partial charge >= 0.3 is 6.18 Å². The molecule has 2 rings (SSSR count). The molecule has 0 aliphatic carbocycles. The van der Waals surface area contributed by atoms with Gasteiger partial charge in [0, 0.05) is 12.5 Å². The average Bonchev–Trinajstić information content (AvgIpc) is 2.36. The van der Waals surface area contributed by atoms with Crippen molar-refractivity contribution in [3.8, 4) is 11.5 Å². The van der Waals surface area contributed by atoms with E-state index in [2.05, 4.69) is 0 Å². The van der Waals surface area contributed by atoms with Crippen molar-refractivity contribution in [3.63, 3.8) is 0 Å². The van der Waals surface area contributed by atoms with Crippen molar-refractivity contribution in [2.24, 2.45) is 5.92 Å². The molecule has 120 valence electrons. The van der Waals surface area contributed by atoms with Crippen molar-refractivity contribution < 1.29 is 23.0 Å². The highest BCUT2D eigenvalue weighted by atomic mass is 35.5. The normalized spacial score (nSPS) is 19.9. The zero-order valence-corrected chi connectivity index (χ0v) is 12.3. The Hall–Kier alpha value is -1.14. The molecule has 1 heterocycles. The second-order valence-corrected chi connectivity index (χ2v) is 5.14. The molecule has 1 aliphatic heterocycles. The highest BCUT2D eigenvalue weighted by Gasteiger charge is 2.33. The predicted octanol–water partition coefficient (Wildman–Crippen LogP) is 3.47. The second-order valence-electron chi connectivity index (χ2n) is 5.14. The molecular formula is C14H19ClF3NO2. The van der Waals surface area contributed by atoms with E-state index in [1.165, 1.54) is 11.0 Å². The average molecular weight is 326 g/mol. The third-order valence-corrected chi connectivity index (χ3v) is 3.35. The molecule has 1 N–H and O–H groups in total. The largest absolute Gasteiger partial charge is 0.504 e. The molecule has 0 aromatic heterocycles. The van der Waals surface area contributed by atoms with Crippen LogP contribution in [0.25, 0.3) is 0 Å². The Morgan fingerprint density at radius 3 is 2.67 bits per heavy atom. The third kappa shape index (κ3) is 6.01. The van der Waals surface area contributed by atoms with Crippen LogP contribution < -0.4 is 4.74 Å². The minimum atomic E-state index is -4.15. The van der Waals surface area contributed by atoms with Crippen LogP contribution >= 0.6 is 12.4 Å². The van der Waals surface area contributed by atoms with Gasteiger partial charge in [-0.15, -0.1) is 12.4 Å². The maximum absolute atomic E-state index is 12.4. The van der Waals surface area contributed by atoms with E-state index in [0.29, 0.717) is 25.4 Å². The van der Waals surface area contributed by atoms with E-state index in [-0.39, 0.29) is 24.1 Å². The van der Waals surface area contributed by atoms with E-state index in [9.17, 15) is 18.3 Å². The van der Waals surface area contributed by atoms with Gasteiger partial charge in [-0.25, -0.2) is 0 Å². The Morgan fingerprint density at radius 1 is 1.29 bits per heavy atom. The van der Waals surface area contributed by atoms with E-state index < -0.39 is 12.7 Å². The van der Waals surface area contributed by atoms with Crippen LogP contribution in [-0.2, 0) is 0 Å². The number of halogens is 4. The zero-order valence-electron chi connectivity index (χ0n) is 11.5. The minimum Gasteiger partial charge on any atom is -0.504 e. The van der Waals surface area contributed by atoms with Gasteiger partial charge in [0.15, 0.2) is 11.5 Å². The van der Waals surface area contributed by atoms with Crippen molar-refractivity contribution in [1.82, 2.24) is 4.90 Å². The number of ether oxygens (including phenoxy) is 1. The Bertz CT molecular complexity index is 442. The number of benzene rings is 1. The third-order valence-electron chi connectivity index (χ3n) is 3.35. The van der Waals surface area contributed by atoms with Crippen molar-refractivity contribution in [2.75, 3.05) is 26.2 Å². The van der Waals surface area contributed by atoms with Gasteiger partial charge in [0.2, 0.25) is 0 Å². The molecule has 0 amide bonds. The maximum Gasteiger partial charge on any atom is 0.401 e. The van der Waals surface area contributed by atoms with Crippen LogP contribution in [0.2, 0.25) is 0 Å². The standard InChI is InChI=1S/C14H18F3NO2.ClH/c15-14(16,17)10-18-7-3-4-11(8-18)9-20-13-6-2-1-5-12(13)19;/h1-2,5-6,11,19H,3-4,7-10H2;1H. The highest BCUT2D eigenvalue weighted by Crippen LogP contribution is 2.27. The first kappa shape index (κ1) is 17.9. The number of rotatable bonds is 4. The summed E-state index contributed by atoms with van der Waals surface area (Å²) >= 11 is 0. The van der Waals surface area contributed by atoms with Gasteiger partial charge in [-0.1, -0.05) is 12.1 Å². The predicted molar refractivity (Wildman–Crippen MR) is 76.1 cm³/mol. The fourth-order valence-corrected chi connectivity index (χ4v) is 2.47. The van der Waals surface area contributed by atoms with Gasteiger partial charge in [-0.05, 0) is 31.5 Å². The number of aromatic hydroxyl groups is 1. The first-order chi connectivity index (χ1) is 9.44. The Labute approximate surface area is 128 Å². The van der Waals surface area contributed by atoms with Crippen molar-refractivity contribution in [2.45, 2.75) is 19.0 Å². The molecule has 7 heteroatoms. The smallest absolute Gasteiger partial charge is 0.401 e. The highest BCUT2D eigenvalue weighted by molar-refractivity contribution is 5.85. The molecule has 1 aromatic rings. The summed E-state index contributed by atoms with van der Waals surface area (Å²) in [5.41, 5.74) is 0. The van der Waals surface area contributed by atoms with Gasteiger partial charge < -0.3 is 9.84 Å². The lowest BCUT2D eigenvalue weighted by Gasteiger charge is -2.32. The van der Waals surface area contributed by atoms with E-state index in [1.807, 2.05) is 0 Å². The molecule has 0 spiro atoms. The molecule has 21 heavy (non-hydrogen) atoms. The Kier molecular flexibility index (Phi) is 6.61. The number of para-hydroxylation sites is 2. The van der Waals surface area contributed by atoms with Crippen molar-refractivity contribution in [3.05, 3.63) is 24.3 Å². The molecule has 1 aliphatic rings. The summed E-state index contributed by atoms with van der Waals surface area (Å²) < 4.78 is 42.6. The monoisotopic (exact) mass is 325 g/mol. The second kappa shape index (κ2) is 7.75. The quantitative estimate of drug-likeness (QED) is 0.920. The number of piperidine rings is 1. The summed E-state index contributed by atoms with van der Waals surface area (Å²) in [5.74, 6) is 0.488. The van der Waals surface area contributed by atoms with Gasteiger partial charge in [0.05, 0.1) is 13.2 Å². The molecular weight excluding hydrogens is 307 g/mol. The van der Waals surface area contributed by atoms with Crippen molar-refractivity contribution in [1.29, 1.82) is 0 Å². The number of phenolic OH excluding ortho intramolecular Hbond substituents is 1. The summed E-state index contributed by atoms with van der Waals surface area (Å²) in [4.78, 5) is 1.42. The minimum absolute atomic E-state index is 0. The molecule has 0 radical (unpaired) electrons. The lowest BCUT2D eigenvalue weighted by molar-refractivity contribution is -0.149. The van der Waals surface area contributed by atoms with Crippen LogP contribution in [0.4, 0.5) is 13.2 Å². The van der Waals surface area contributed by atoms with E-state index in [1.54, 1.807) is 18.2 Å². The van der Waals surface area contributed by atoms with Crippen LogP contribution in [0, 0.1) is 5.92 Å². The molecule has 1 aromatic carbocycles. The number of nitrogens with zero attached hydrogens (tertiary/aromatic N) is 1. The molecule has 1 fully saturated rings. The summed E-state index contributed by atoms with van der Waals surface area (Å²) in [7, 11) is 0. The SMILES string of the molecule is Cl.Oc1ccccc1OCC1CCCN(CC(F)(F)F)C1. The van der Waals surface area contributed by atoms with E-state index >= 15 is 0 Å². The molecule has 0 bridgehead atoms. The van der Waals surface area contributed by atoms with Crippen LogP contribution in [0.15, 0.2) is 24.3 Å². The molecule has 1 saturated heterocycles. The number of likely N-dealkylation sites (tertiary alicyclic amines) is 1. The van der Waals surface area contributed by atoms with E-state index in [0.717, 1.165) is 12.8 Å². The number of hydrogen-bond acceptors (Lipinski definition) is 3. The number of alkyl halides is 3. The topological polar surface area (TPSA) is 32.7 Å². The number of hydrogen-bond donors (Lipinski definition) is 1. The van der Waals surface area contributed by atoms with Gasteiger partial charge in [0.25, 0.3) is 0 Å². The lowest BCUT2D eigenvalue weighted by atomic mass is 9.99. The Balaban J connectivity index is 0.00000220. The van der Waals surface area contributed by atoms with Crippen LogP contribution in [0.3, 0.4) is 0 Å². The van der Waals surface area contributed by atoms with Crippen molar-refractivity contribution >= 4 is 12.4 Å². The summed E-state index contributed by atoms with van der Waals surface area (Å²) in [6, 6.07) is 6.59. The van der Waals surface area contributed by atoms with Gasteiger partial charge in [-0.2, -0.15) is 13.2 Å². The Morgan fingerprint density at radius 2 is 2.00 bits per heavy atom. The van der Waals surface area contributed by atoms with Gasteiger partial charge in [0.1, 0.15) is 0 Å². The summed E-state index contributed by atoms with van der Waals surface area (Å²) in [5, 5.41) is 9.56. The first-order valence-electron chi connectivity index (χ1n) is 6.64.